The quantitative estimate of drug-likeness (QED) is 0.513. The summed E-state index contributed by atoms with van der Waals surface area (Å²) in [5.74, 6) is 0.181. The van der Waals surface area contributed by atoms with Crippen LogP contribution in [-0.4, -0.2) is 22.7 Å². The second-order valence-electron chi connectivity index (χ2n) is 7.18. The number of nitrogens with one attached hydrogen (secondary N) is 2. The molecule has 0 fully saturated rings. The summed E-state index contributed by atoms with van der Waals surface area (Å²) in [5, 5.41) is 16.1. The molecule has 0 heterocycles. The number of phenols is 1. The molecule has 0 aromatic heterocycles. The highest BCUT2D eigenvalue weighted by atomic mass is 35.5. The average molecular weight is 407 g/mol. The molecule has 3 N–H and O–H groups in total. The molecule has 144 valence electrons. The Kier molecular flexibility index (Phi) is 6.68. The van der Waals surface area contributed by atoms with E-state index in [1.807, 2.05) is 13.0 Å². The zero-order chi connectivity index (χ0) is 20.2. The monoisotopic (exact) mass is 406 g/mol. The van der Waals surface area contributed by atoms with Gasteiger partial charge in [-0.05, 0) is 66.0 Å². The number of aryl methyl sites for hydroxylation is 1. The first-order chi connectivity index (χ1) is 12.6. The molecule has 0 spiro atoms. The van der Waals surface area contributed by atoms with Gasteiger partial charge < -0.3 is 15.2 Å². The normalized spacial score (nSPS) is 11.0. The molecule has 0 aliphatic rings. The molecule has 0 radical (unpaired) electrons. The molecular weight excluding hydrogens is 384 g/mol. The second-order valence-corrected chi connectivity index (χ2v) is 8.00. The van der Waals surface area contributed by atoms with E-state index in [4.69, 9.17) is 28.6 Å². The minimum atomic E-state index is -0.411. The van der Waals surface area contributed by atoms with E-state index < -0.39 is 5.91 Å². The molecule has 2 rings (SSSR count). The summed E-state index contributed by atoms with van der Waals surface area (Å²) in [6.07, 6.45) is 0. The van der Waals surface area contributed by atoms with E-state index in [-0.39, 0.29) is 22.9 Å². The lowest BCUT2D eigenvalue weighted by atomic mass is 9.87. The molecule has 0 atom stereocenters. The molecule has 0 unspecified atom stereocenters. The van der Waals surface area contributed by atoms with Crippen LogP contribution in [-0.2, 0) is 10.2 Å². The lowest BCUT2D eigenvalue weighted by Crippen LogP contribution is -2.37. The third kappa shape index (κ3) is 6.12. The van der Waals surface area contributed by atoms with E-state index in [1.165, 1.54) is 0 Å². The number of hydrogen-bond donors (Lipinski definition) is 3. The number of carbonyl (C=O) groups is 1. The molecule has 0 bridgehead atoms. The van der Waals surface area contributed by atoms with Gasteiger partial charge in [-0.15, -0.1) is 0 Å². The fraction of sp³-hybridized carbons (Fsp3) is 0.300. The van der Waals surface area contributed by atoms with Gasteiger partial charge in [-0.2, -0.15) is 0 Å². The molecule has 0 aliphatic heterocycles. The minimum absolute atomic E-state index is 0.0486. The third-order valence-corrected chi connectivity index (χ3v) is 4.49. The van der Waals surface area contributed by atoms with E-state index >= 15 is 0 Å². The molecule has 5 nitrogen and oxygen atoms in total. The van der Waals surface area contributed by atoms with Gasteiger partial charge in [0.2, 0.25) is 0 Å². The number of rotatable bonds is 4. The summed E-state index contributed by atoms with van der Waals surface area (Å²) in [4.78, 5) is 12.0. The molecule has 0 saturated carbocycles. The van der Waals surface area contributed by atoms with Gasteiger partial charge in [-0.25, -0.2) is 0 Å². The largest absolute Gasteiger partial charge is 0.506 e. The number of phenolic OH excluding ortho intramolecular Hbond substituents is 1. The van der Waals surface area contributed by atoms with E-state index in [1.54, 1.807) is 30.3 Å². The number of carbonyl (C=O) groups excluding carboxylic acids is 1. The average Bonchev–Trinajstić information content (AvgIpc) is 2.57. The molecule has 27 heavy (non-hydrogen) atoms. The molecular formula is C20H23ClN2O3S. The van der Waals surface area contributed by atoms with Gasteiger partial charge in [0, 0.05) is 5.02 Å². The zero-order valence-electron chi connectivity index (χ0n) is 15.7. The molecule has 1 amide bonds. The van der Waals surface area contributed by atoms with Crippen LogP contribution in [0.25, 0.3) is 0 Å². The SMILES string of the molecule is Cc1cc(OCC(=O)NC(=S)Nc2cc(C(C)(C)C)ccc2O)ccc1Cl. The number of amides is 1. The third-order valence-electron chi connectivity index (χ3n) is 3.86. The van der Waals surface area contributed by atoms with Crippen molar-refractivity contribution in [2.24, 2.45) is 0 Å². The summed E-state index contributed by atoms with van der Waals surface area (Å²) in [6, 6.07) is 10.4. The Balaban J connectivity index is 1.93. The lowest BCUT2D eigenvalue weighted by molar-refractivity contribution is -0.121. The Morgan fingerprint density at radius 2 is 1.93 bits per heavy atom. The van der Waals surface area contributed by atoms with Crippen LogP contribution < -0.4 is 15.4 Å². The van der Waals surface area contributed by atoms with E-state index in [0.717, 1.165) is 11.1 Å². The van der Waals surface area contributed by atoms with Crippen molar-refractivity contribution in [1.82, 2.24) is 5.32 Å². The molecule has 2 aromatic carbocycles. The molecule has 7 heteroatoms. The molecule has 0 saturated heterocycles. The molecule has 0 aliphatic carbocycles. The zero-order valence-corrected chi connectivity index (χ0v) is 17.3. The predicted octanol–water partition coefficient (Wildman–Crippen LogP) is 4.54. The Labute approximate surface area is 169 Å². The van der Waals surface area contributed by atoms with Crippen molar-refractivity contribution in [3.63, 3.8) is 0 Å². The first kappa shape index (κ1) is 21.0. The first-order valence-corrected chi connectivity index (χ1v) is 9.18. The van der Waals surface area contributed by atoms with Crippen molar-refractivity contribution < 1.29 is 14.6 Å². The first-order valence-electron chi connectivity index (χ1n) is 8.39. The standard InChI is InChI=1S/C20H23ClN2O3S/c1-12-9-14(6-7-15(12)21)26-11-18(25)23-19(27)22-16-10-13(20(2,3)4)5-8-17(16)24/h5-10,24H,11H2,1-4H3,(H2,22,23,25,27). The Bertz CT molecular complexity index is 863. The van der Waals surface area contributed by atoms with Crippen LogP contribution in [0.15, 0.2) is 36.4 Å². The number of aromatic hydroxyl groups is 1. The number of halogens is 1. The van der Waals surface area contributed by atoms with Crippen LogP contribution in [0.4, 0.5) is 5.69 Å². The summed E-state index contributed by atoms with van der Waals surface area (Å²) < 4.78 is 5.43. The van der Waals surface area contributed by atoms with Crippen molar-refractivity contribution in [3.05, 3.63) is 52.5 Å². The fourth-order valence-corrected chi connectivity index (χ4v) is 2.62. The Morgan fingerprint density at radius 3 is 2.56 bits per heavy atom. The lowest BCUT2D eigenvalue weighted by Gasteiger charge is -2.21. The number of benzene rings is 2. The van der Waals surface area contributed by atoms with Crippen molar-refractivity contribution in [1.29, 1.82) is 0 Å². The Morgan fingerprint density at radius 1 is 1.22 bits per heavy atom. The van der Waals surface area contributed by atoms with Gasteiger partial charge in [0.25, 0.3) is 5.91 Å². The van der Waals surface area contributed by atoms with Crippen LogP contribution in [0.2, 0.25) is 5.02 Å². The number of thiocarbonyl (C=S) groups is 1. The second kappa shape index (κ2) is 8.59. The maximum Gasteiger partial charge on any atom is 0.264 e. The van der Waals surface area contributed by atoms with Crippen LogP contribution in [0.5, 0.6) is 11.5 Å². The smallest absolute Gasteiger partial charge is 0.264 e. The van der Waals surface area contributed by atoms with E-state index in [0.29, 0.717) is 16.5 Å². The molecule has 2 aromatic rings. The van der Waals surface area contributed by atoms with Crippen LogP contribution in [0.1, 0.15) is 31.9 Å². The van der Waals surface area contributed by atoms with Gasteiger partial charge in [-0.1, -0.05) is 38.4 Å². The van der Waals surface area contributed by atoms with Crippen LogP contribution in [0, 0.1) is 6.92 Å². The summed E-state index contributed by atoms with van der Waals surface area (Å²) >= 11 is 11.1. The van der Waals surface area contributed by atoms with Crippen molar-refractivity contribution >= 4 is 40.5 Å². The van der Waals surface area contributed by atoms with Gasteiger partial charge in [0.15, 0.2) is 11.7 Å². The van der Waals surface area contributed by atoms with Crippen molar-refractivity contribution in [2.75, 3.05) is 11.9 Å². The predicted molar refractivity (Wildman–Crippen MR) is 113 cm³/mol. The van der Waals surface area contributed by atoms with Gasteiger partial charge in [0.1, 0.15) is 11.5 Å². The summed E-state index contributed by atoms with van der Waals surface area (Å²) in [5.41, 5.74) is 2.24. The topological polar surface area (TPSA) is 70.6 Å². The summed E-state index contributed by atoms with van der Waals surface area (Å²) in [7, 11) is 0. The number of hydrogen-bond acceptors (Lipinski definition) is 4. The van der Waals surface area contributed by atoms with Gasteiger partial charge >= 0.3 is 0 Å². The van der Waals surface area contributed by atoms with Crippen LogP contribution >= 0.6 is 23.8 Å². The van der Waals surface area contributed by atoms with E-state index in [9.17, 15) is 9.90 Å². The van der Waals surface area contributed by atoms with Gasteiger partial charge in [-0.3, -0.25) is 10.1 Å². The maximum atomic E-state index is 12.0. The van der Waals surface area contributed by atoms with Crippen LogP contribution in [0.3, 0.4) is 0 Å². The minimum Gasteiger partial charge on any atom is -0.506 e. The van der Waals surface area contributed by atoms with E-state index in [2.05, 4.69) is 31.4 Å². The number of anilines is 1. The highest BCUT2D eigenvalue weighted by molar-refractivity contribution is 7.80. The highest BCUT2D eigenvalue weighted by Gasteiger charge is 2.16. The fourth-order valence-electron chi connectivity index (χ4n) is 2.27. The highest BCUT2D eigenvalue weighted by Crippen LogP contribution is 2.30. The summed E-state index contributed by atoms with van der Waals surface area (Å²) in [6.45, 7) is 7.86. The van der Waals surface area contributed by atoms with Gasteiger partial charge in [0.05, 0.1) is 5.69 Å². The maximum absolute atomic E-state index is 12.0. The number of ether oxygens (including phenoxy) is 1. The Hall–Kier alpha value is -2.31. The van der Waals surface area contributed by atoms with Crippen molar-refractivity contribution in [3.8, 4) is 11.5 Å². The van der Waals surface area contributed by atoms with Crippen molar-refractivity contribution in [2.45, 2.75) is 33.1 Å².